The largest absolute Gasteiger partial charge is 0.377 e. The molecule has 2 aliphatic rings. The van der Waals surface area contributed by atoms with Crippen molar-refractivity contribution in [2.45, 2.75) is 51.1 Å². The third-order valence-corrected chi connectivity index (χ3v) is 7.80. The lowest BCUT2D eigenvalue weighted by molar-refractivity contribution is -0.169. The van der Waals surface area contributed by atoms with Crippen LogP contribution in [0.25, 0.3) is 0 Å². The van der Waals surface area contributed by atoms with Gasteiger partial charge in [-0.25, -0.2) is 0 Å². The van der Waals surface area contributed by atoms with Crippen molar-refractivity contribution < 1.29 is 80.5 Å². The first-order valence-corrected chi connectivity index (χ1v) is 20.4. The molecular weight excluding hydrogens is 728 g/mol. The van der Waals surface area contributed by atoms with Gasteiger partial charge < -0.3 is 80.5 Å². The van der Waals surface area contributed by atoms with Gasteiger partial charge in [0, 0.05) is 13.2 Å². The van der Waals surface area contributed by atoms with Crippen LogP contribution in [-0.2, 0) is 80.5 Å². The predicted octanol–water partition coefficient (Wildman–Crippen LogP) is 2.29. The molecule has 328 valence electrons. The van der Waals surface area contributed by atoms with Crippen LogP contribution in [0.15, 0.2) is 0 Å². The molecule has 0 aromatic heterocycles. The molecule has 0 spiro atoms. The standard InChI is InChI=1S/C38H74O17/c1-3-7-52-37(5-1)54-35-33-50-31-29-48-27-25-46-23-21-44-19-17-42-15-13-40-11-9-39-10-12-41-14-16-43-18-20-45-22-24-47-26-28-49-30-32-51-34-36-55-38-6-2-4-8-53-38/h37-38H,1-36H2/t37-,38-/m1/s1. The van der Waals surface area contributed by atoms with E-state index in [1.807, 2.05) is 0 Å². The second kappa shape index (κ2) is 42.9. The van der Waals surface area contributed by atoms with Gasteiger partial charge in [-0.1, -0.05) is 0 Å². The molecule has 17 nitrogen and oxygen atoms in total. The quantitative estimate of drug-likeness (QED) is 0.0827. The summed E-state index contributed by atoms with van der Waals surface area (Å²) < 4.78 is 93.7. The van der Waals surface area contributed by atoms with E-state index in [1.54, 1.807) is 0 Å². The Bertz CT molecular complexity index is 673. The fraction of sp³-hybridized carbons (Fsp3) is 1.00. The molecule has 0 bridgehead atoms. The Morgan fingerprint density at radius 2 is 0.418 bits per heavy atom. The summed E-state index contributed by atoms with van der Waals surface area (Å²) in [4.78, 5) is 0. The van der Waals surface area contributed by atoms with E-state index in [0.29, 0.717) is 185 Å². The average Bonchev–Trinajstić information content (AvgIpc) is 3.22. The minimum absolute atomic E-state index is 0.0687. The third kappa shape index (κ3) is 37.3. The maximum Gasteiger partial charge on any atom is 0.157 e. The SMILES string of the molecule is C1CC[C@@H](OCCOCCOCCOCCOCCOCCOCCOCCOCCOCCOCCOCCOCCOCCO[C@@H]2CCCCO2)OC1. The molecule has 2 fully saturated rings. The summed E-state index contributed by atoms with van der Waals surface area (Å²) in [5, 5.41) is 0. The Hall–Kier alpha value is -0.680. The molecule has 0 aromatic rings. The van der Waals surface area contributed by atoms with Gasteiger partial charge in [0.2, 0.25) is 0 Å². The van der Waals surface area contributed by atoms with Crippen LogP contribution in [0, 0.1) is 0 Å². The zero-order chi connectivity index (χ0) is 38.6. The molecule has 0 N–H and O–H groups in total. The molecule has 0 radical (unpaired) electrons. The fourth-order valence-electron chi connectivity index (χ4n) is 4.90. The lowest BCUT2D eigenvalue weighted by Gasteiger charge is -2.22. The lowest BCUT2D eigenvalue weighted by Crippen LogP contribution is -2.24. The van der Waals surface area contributed by atoms with Crippen molar-refractivity contribution >= 4 is 0 Å². The van der Waals surface area contributed by atoms with Crippen LogP contribution >= 0.6 is 0 Å². The molecule has 2 saturated heterocycles. The number of rotatable bonds is 44. The lowest BCUT2D eigenvalue weighted by atomic mass is 10.2. The van der Waals surface area contributed by atoms with Crippen LogP contribution < -0.4 is 0 Å². The van der Waals surface area contributed by atoms with Crippen molar-refractivity contribution in [2.24, 2.45) is 0 Å². The first kappa shape index (κ1) is 50.5. The van der Waals surface area contributed by atoms with Crippen LogP contribution in [0.1, 0.15) is 38.5 Å². The van der Waals surface area contributed by atoms with Gasteiger partial charge in [-0.2, -0.15) is 0 Å². The Labute approximate surface area is 329 Å². The summed E-state index contributed by atoms with van der Waals surface area (Å²) in [7, 11) is 0. The van der Waals surface area contributed by atoms with Gasteiger partial charge in [0.05, 0.1) is 185 Å². The van der Waals surface area contributed by atoms with E-state index in [2.05, 4.69) is 0 Å². The maximum absolute atomic E-state index is 5.61. The van der Waals surface area contributed by atoms with Gasteiger partial charge >= 0.3 is 0 Å². The second-order valence-corrected chi connectivity index (χ2v) is 12.3. The molecule has 0 aliphatic carbocycles. The predicted molar refractivity (Wildman–Crippen MR) is 200 cm³/mol. The van der Waals surface area contributed by atoms with Crippen molar-refractivity contribution in [3.05, 3.63) is 0 Å². The Morgan fingerprint density at radius 1 is 0.236 bits per heavy atom. The van der Waals surface area contributed by atoms with Crippen LogP contribution in [0.3, 0.4) is 0 Å². The zero-order valence-electron chi connectivity index (χ0n) is 33.6. The summed E-state index contributed by atoms with van der Waals surface area (Å²) in [5.41, 5.74) is 0. The van der Waals surface area contributed by atoms with Crippen LogP contribution in [-0.4, -0.2) is 211 Å². The highest BCUT2D eigenvalue weighted by molar-refractivity contribution is 4.54. The fourth-order valence-corrected chi connectivity index (χ4v) is 4.90. The Balaban J connectivity index is 1.10. The van der Waals surface area contributed by atoms with E-state index < -0.39 is 0 Å². The summed E-state index contributed by atoms with van der Waals surface area (Å²) in [6.07, 6.45) is 6.36. The monoisotopic (exact) mass is 802 g/mol. The van der Waals surface area contributed by atoms with E-state index in [9.17, 15) is 0 Å². The molecule has 0 unspecified atom stereocenters. The summed E-state index contributed by atoms with van der Waals surface area (Å²) in [6.45, 7) is 16.1. The smallest absolute Gasteiger partial charge is 0.157 e. The molecule has 0 amide bonds. The molecular formula is C38H74O17. The van der Waals surface area contributed by atoms with Crippen molar-refractivity contribution in [3.8, 4) is 0 Å². The van der Waals surface area contributed by atoms with E-state index in [1.165, 1.54) is 0 Å². The first-order valence-electron chi connectivity index (χ1n) is 20.4. The van der Waals surface area contributed by atoms with Gasteiger partial charge in [0.25, 0.3) is 0 Å². The highest BCUT2D eigenvalue weighted by Crippen LogP contribution is 2.14. The van der Waals surface area contributed by atoms with Crippen molar-refractivity contribution in [1.29, 1.82) is 0 Å². The summed E-state index contributed by atoms with van der Waals surface area (Å²) in [5.74, 6) is 0. The van der Waals surface area contributed by atoms with E-state index in [4.69, 9.17) is 80.5 Å². The van der Waals surface area contributed by atoms with Crippen LogP contribution in [0.2, 0.25) is 0 Å². The molecule has 2 atom stereocenters. The average molecular weight is 803 g/mol. The van der Waals surface area contributed by atoms with Gasteiger partial charge in [-0.05, 0) is 38.5 Å². The highest BCUT2D eigenvalue weighted by Gasteiger charge is 2.14. The second-order valence-electron chi connectivity index (χ2n) is 12.3. The number of hydrogen-bond acceptors (Lipinski definition) is 17. The van der Waals surface area contributed by atoms with E-state index in [-0.39, 0.29) is 12.6 Å². The molecule has 2 aliphatic heterocycles. The molecule has 17 heteroatoms. The van der Waals surface area contributed by atoms with Gasteiger partial charge in [0.15, 0.2) is 12.6 Å². The Kier molecular flexibility index (Phi) is 39.4. The van der Waals surface area contributed by atoms with Gasteiger partial charge in [0.1, 0.15) is 0 Å². The van der Waals surface area contributed by atoms with Crippen LogP contribution in [0.5, 0.6) is 0 Å². The molecule has 2 heterocycles. The van der Waals surface area contributed by atoms with E-state index in [0.717, 1.165) is 51.7 Å². The first-order chi connectivity index (χ1) is 27.4. The highest BCUT2D eigenvalue weighted by atomic mass is 16.7. The number of hydrogen-bond donors (Lipinski definition) is 0. The molecule has 2 rings (SSSR count). The van der Waals surface area contributed by atoms with Crippen molar-refractivity contribution in [2.75, 3.05) is 198 Å². The summed E-state index contributed by atoms with van der Waals surface area (Å²) >= 11 is 0. The molecule has 0 saturated carbocycles. The van der Waals surface area contributed by atoms with Crippen LogP contribution in [0.4, 0.5) is 0 Å². The number of ether oxygens (including phenoxy) is 17. The molecule has 55 heavy (non-hydrogen) atoms. The third-order valence-electron chi connectivity index (χ3n) is 7.80. The maximum atomic E-state index is 5.61. The zero-order valence-corrected chi connectivity index (χ0v) is 33.6. The van der Waals surface area contributed by atoms with E-state index >= 15 is 0 Å². The van der Waals surface area contributed by atoms with Gasteiger partial charge in [-0.3, -0.25) is 0 Å². The van der Waals surface area contributed by atoms with Crippen molar-refractivity contribution in [3.63, 3.8) is 0 Å². The Morgan fingerprint density at radius 3 is 0.582 bits per heavy atom. The minimum Gasteiger partial charge on any atom is -0.377 e. The van der Waals surface area contributed by atoms with Crippen molar-refractivity contribution in [1.82, 2.24) is 0 Å². The topological polar surface area (TPSA) is 157 Å². The normalized spacial score (nSPS) is 17.7. The molecule has 0 aromatic carbocycles. The summed E-state index contributed by atoms with van der Waals surface area (Å²) in [6, 6.07) is 0. The minimum atomic E-state index is -0.0687. The van der Waals surface area contributed by atoms with Gasteiger partial charge in [-0.15, -0.1) is 0 Å².